The number of hydrogen-bond acceptors (Lipinski definition) is 7. The number of methoxy groups -OCH3 is 1. The van der Waals surface area contributed by atoms with Crippen molar-refractivity contribution in [3.63, 3.8) is 0 Å². The average molecular weight is 661 g/mol. The van der Waals surface area contributed by atoms with Crippen LogP contribution in [0, 0.1) is 0 Å². The molecular formula is C37H60N2O6S. The fraction of sp³-hybridized carbons (Fsp3) is 0.676. The molecule has 2 aromatic rings. The third kappa shape index (κ3) is 13.2. The summed E-state index contributed by atoms with van der Waals surface area (Å²) in [6.45, 7) is 3.34. The van der Waals surface area contributed by atoms with E-state index in [4.69, 9.17) is 19.9 Å². The number of nitrogens with two attached hydrogens (primary N) is 1. The van der Waals surface area contributed by atoms with Crippen molar-refractivity contribution >= 4 is 21.4 Å². The van der Waals surface area contributed by atoms with Crippen LogP contribution < -0.4 is 19.9 Å². The van der Waals surface area contributed by atoms with Gasteiger partial charge in [-0.05, 0) is 55.0 Å². The Hall–Kier alpha value is -2.65. The number of phenolic OH excluding ortho intramolecular Hbond substituents is 1. The second-order valence-corrected chi connectivity index (χ2v) is 14.5. The molecule has 3 rings (SSSR count). The molecule has 1 saturated carbocycles. The predicted molar refractivity (Wildman–Crippen MR) is 189 cm³/mol. The normalized spacial score (nSPS) is 14.0. The highest BCUT2D eigenvalue weighted by atomic mass is 32.2. The van der Waals surface area contributed by atoms with Gasteiger partial charge in [-0.15, -0.1) is 0 Å². The Morgan fingerprint density at radius 1 is 0.761 bits per heavy atom. The number of rotatable bonds is 24. The molecule has 46 heavy (non-hydrogen) atoms. The minimum absolute atomic E-state index is 0.0969. The van der Waals surface area contributed by atoms with Crippen molar-refractivity contribution in [1.29, 1.82) is 0 Å². The molecule has 9 heteroatoms. The number of phenols is 1. The van der Waals surface area contributed by atoms with Gasteiger partial charge in [0, 0.05) is 18.9 Å². The molecule has 1 aliphatic rings. The highest BCUT2D eigenvalue weighted by molar-refractivity contribution is 7.92. The first-order valence-electron chi connectivity index (χ1n) is 17.9. The van der Waals surface area contributed by atoms with Crippen molar-refractivity contribution in [2.24, 2.45) is 0 Å². The van der Waals surface area contributed by atoms with E-state index in [1.54, 1.807) is 25.3 Å². The highest BCUT2D eigenvalue weighted by Crippen LogP contribution is 2.43. The number of unbranched alkanes of at least 4 members (excludes halogenated alkanes) is 13. The number of anilines is 2. The van der Waals surface area contributed by atoms with Gasteiger partial charge in [0.25, 0.3) is 10.0 Å². The van der Waals surface area contributed by atoms with E-state index in [0.29, 0.717) is 24.7 Å². The summed E-state index contributed by atoms with van der Waals surface area (Å²) in [5.74, 6) is 0.891. The molecule has 0 heterocycles. The number of aromatic hydroxyl groups is 1. The van der Waals surface area contributed by atoms with Gasteiger partial charge in [-0.1, -0.05) is 110 Å². The van der Waals surface area contributed by atoms with Gasteiger partial charge in [-0.2, -0.15) is 0 Å². The summed E-state index contributed by atoms with van der Waals surface area (Å²) in [6, 6.07) is 7.80. The molecule has 1 aliphatic carbocycles. The molecule has 0 aromatic heterocycles. The summed E-state index contributed by atoms with van der Waals surface area (Å²) in [5.41, 5.74) is 7.29. The maximum absolute atomic E-state index is 13.5. The number of benzene rings is 2. The molecule has 0 unspecified atom stereocenters. The minimum Gasteiger partial charge on any atom is -0.506 e. The Morgan fingerprint density at radius 3 is 1.96 bits per heavy atom. The fourth-order valence-corrected chi connectivity index (χ4v) is 7.54. The fourth-order valence-electron chi connectivity index (χ4n) is 6.29. The molecule has 0 atom stereocenters. The molecular weight excluding hydrogens is 600 g/mol. The average Bonchev–Trinajstić information content (AvgIpc) is 3.05. The van der Waals surface area contributed by atoms with E-state index < -0.39 is 10.0 Å². The molecule has 4 N–H and O–H groups in total. The lowest BCUT2D eigenvalue weighted by Crippen LogP contribution is -2.17. The first kappa shape index (κ1) is 37.8. The van der Waals surface area contributed by atoms with Crippen molar-refractivity contribution in [1.82, 2.24) is 0 Å². The van der Waals surface area contributed by atoms with Crippen LogP contribution >= 0.6 is 0 Å². The van der Waals surface area contributed by atoms with E-state index in [0.717, 1.165) is 44.1 Å². The first-order valence-corrected chi connectivity index (χ1v) is 19.4. The van der Waals surface area contributed by atoms with Crippen molar-refractivity contribution in [3.8, 4) is 17.2 Å². The summed E-state index contributed by atoms with van der Waals surface area (Å²) < 4.78 is 46.6. The highest BCUT2D eigenvalue weighted by Gasteiger charge is 2.26. The molecule has 8 nitrogen and oxygen atoms in total. The molecule has 260 valence electrons. The molecule has 2 aromatic carbocycles. The number of nitrogen functional groups attached to an aromatic ring is 1. The Kier molecular flexibility index (Phi) is 17.5. The third-order valence-electron chi connectivity index (χ3n) is 8.98. The van der Waals surface area contributed by atoms with Crippen LogP contribution in [0.2, 0.25) is 0 Å². The van der Waals surface area contributed by atoms with Crippen molar-refractivity contribution < 1.29 is 27.7 Å². The van der Waals surface area contributed by atoms with E-state index in [1.165, 1.54) is 95.6 Å². The molecule has 1 fully saturated rings. The van der Waals surface area contributed by atoms with Crippen LogP contribution in [-0.4, -0.2) is 40.5 Å². The maximum Gasteiger partial charge on any atom is 0.265 e. The van der Waals surface area contributed by atoms with Crippen LogP contribution in [0.4, 0.5) is 11.4 Å². The maximum atomic E-state index is 13.5. The zero-order valence-corrected chi connectivity index (χ0v) is 29.3. The van der Waals surface area contributed by atoms with Crippen LogP contribution in [0.3, 0.4) is 0 Å². The molecule has 0 amide bonds. The topological polar surface area (TPSA) is 120 Å². The number of nitrogens with one attached hydrogen (secondary N) is 1. The SMILES string of the molecule is CCCCCCCCCCCCCCCCOc1cc(O)c(NS(=O)(=O)c2cc(N)ccc2OCCOC)cc1C1CCCCC1. The minimum atomic E-state index is -4.13. The molecule has 0 saturated heterocycles. The van der Waals surface area contributed by atoms with Gasteiger partial charge in [0.15, 0.2) is 0 Å². The van der Waals surface area contributed by atoms with E-state index in [-0.39, 0.29) is 34.6 Å². The lowest BCUT2D eigenvalue weighted by atomic mass is 9.83. The third-order valence-corrected chi connectivity index (χ3v) is 10.4. The summed E-state index contributed by atoms with van der Waals surface area (Å²) in [5, 5.41) is 11.0. The van der Waals surface area contributed by atoms with E-state index in [9.17, 15) is 13.5 Å². The van der Waals surface area contributed by atoms with Gasteiger partial charge in [-0.3, -0.25) is 4.72 Å². The quantitative estimate of drug-likeness (QED) is 0.0582. The van der Waals surface area contributed by atoms with Crippen LogP contribution in [0.1, 0.15) is 140 Å². The molecule has 0 radical (unpaired) electrons. The Bertz CT molecular complexity index is 1250. The smallest absolute Gasteiger partial charge is 0.265 e. The second kappa shape index (κ2) is 21.3. The Morgan fingerprint density at radius 2 is 1.35 bits per heavy atom. The van der Waals surface area contributed by atoms with Gasteiger partial charge in [0.2, 0.25) is 0 Å². The number of ether oxygens (including phenoxy) is 3. The lowest BCUT2D eigenvalue weighted by Gasteiger charge is -2.25. The molecule has 0 bridgehead atoms. The van der Waals surface area contributed by atoms with Crippen LogP contribution in [0.5, 0.6) is 17.2 Å². The zero-order valence-electron chi connectivity index (χ0n) is 28.5. The predicted octanol–water partition coefficient (Wildman–Crippen LogP) is 9.71. The van der Waals surface area contributed by atoms with Crippen LogP contribution in [0.25, 0.3) is 0 Å². The van der Waals surface area contributed by atoms with Crippen molar-refractivity contribution in [3.05, 3.63) is 35.9 Å². The van der Waals surface area contributed by atoms with Crippen LogP contribution in [-0.2, 0) is 14.8 Å². The van der Waals surface area contributed by atoms with Crippen molar-refractivity contribution in [2.75, 3.05) is 37.4 Å². The second-order valence-electron chi connectivity index (χ2n) is 12.8. The van der Waals surface area contributed by atoms with E-state index in [1.807, 2.05) is 0 Å². The van der Waals surface area contributed by atoms with Crippen LogP contribution in [0.15, 0.2) is 35.2 Å². The van der Waals surface area contributed by atoms with Gasteiger partial charge in [0.1, 0.15) is 28.8 Å². The van der Waals surface area contributed by atoms with Gasteiger partial charge < -0.3 is 25.1 Å². The first-order chi connectivity index (χ1) is 22.4. The van der Waals surface area contributed by atoms with Gasteiger partial charge >= 0.3 is 0 Å². The summed E-state index contributed by atoms with van der Waals surface area (Å²) in [4.78, 5) is -0.0969. The monoisotopic (exact) mass is 660 g/mol. The summed E-state index contributed by atoms with van der Waals surface area (Å²) in [7, 11) is -2.58. The summed E-state index contributed by atoms with van der Waals surface area (Å²) >= 11 is 0. The van der Waals surface area contributed by atoms with Gasteiger partial charge in [-0.25, -0.2) is 8.42 Å². The van der Waals surface area contributed by atoms with E-state index in [2.05, 4.69) is 11.6 Å². The Balaban J connectivity index is 1.54. The lowest BCUT2D eigenvalue weighted by molar-refractivity contribution is 0.144. The van der Waals surface area contributed by atoms with Crippen molar-refractivity contribution in [2.45, 2.75) is 140 Å². The number of sulfonamides is 1. The number of hydrogen-bond donors (Lipinski definition) is 3. The Labute approximate surface area is 278 Å². The zero-order chi connectivity index (χ0) is 33.0. The molecule has 0 spiro atoms. The summed E-state index contributed by atoms with van der Waals surface area (Å²) in [6.07, 6.45) is 23.7. The van der Waals surface area contributed by atoms with Gasteiger partial charge in [0.05, 0.1) is 18.9 Å². The van der Waals surface area contributed by atoms with E-state index >= 15 is 0 Å². The largest absolute Gasteiger partial charge is 0.506 e. The molecule has 0 aliphatic heterocycles. The standard InChI is InChI=1S/C37H60N2O6S/c1-3-4-5-6-7-8-9-10-11-12-13-14-15-19-24-44-36-29-34(40)33(28-32(36)30-20-17-16-18-21-30)39-46(41,42)37-27-31(38)22-23-35(37)45-26-25-43-2/h22-23,27-30,39-40H,3-21,24-26,38H2,1-2H3.